The molecule has 0 bridgehead atoms. The van der Waals surface area contributed by atoms with Gasteiger partial charge in [0.2, 0.25) is 0 Å². The van der Waals surface area contributed by atoms with Crippen molar-refractivity contribution in [1.29, 1.82) is 0 Å². The molecule has 0 saturated heterocycles. The Morgan fingerprint density at radius 1 is 1.10 bits per heavy atom. The van der Waals surface area contributed by atoms with E-state index in [0.29, 0.717) is 11.4 Å². The molecule has 0 amide bonds. The predicted molar refractivity (Wildman–Crippen MR) is 84.1 cm³/mol. The van der Waals surface area contributed by atoms with Gasteiger partial charge in [0.25, 0.3) is 0 Å². The second-order valence-corrected chi connectivity index (χ2v) is 6.03. The van der Waals surface area contributed by atoms with Gasteiger partial charge >= 0.3 is 0 Å². The maximum atomic E-state index is 13.4. The van der Waals surface area contributed by atoms with Crippen molar-refractivity contribution in [3.63, 3.8) is 0 Å². The summed E-state index contributed by atoms with van der Waals surface area (Å²) in [4.78, 5) is 0. The Balaban J connectivity index is 2.06. The van der Waals surface area contributed by atoms with Gasteiger partial charge in [0, 0.05) is 15.5 Å². The highest BCUT2D eigenvalue weighted by Gasteiger charge is 2.10. The van der Waals surface area contributed by atoms with Crippen molar-refractivity contribution in [2.45, 2.75) is 18.9 Å². The molecule has 0 aliphatic carbocycles. The second-order valence-electron chi connectivity index (χ2n) is 4.68. The number of hydrogen-bond donors (Lipinski definition) is 2. The first-order valence-electron chi connectivity index (χ1n) is 6.22. The lowest BCUT2D eigenvalue weighted by Gasteiger charge is -2.16. The smallest absolute Gasteiger partial charge is 0.124 e. The molecule has 0 aromatic heterocycles. The summed E-state index contributed by atoms with van der Waals surface area (Å²) in [6.07, 6.45) is 1.40. The van der Waals surface area contributed by atoms with Crippen molar-refractivity contribution >= 4 is 27.5 Å². The zero-order chi connectivity index (χ0) is 14.5. The molecule has 0 aliphatic rings. The SMILES string of the molecule is NNC(Cc1ccc(Cl)cc1)Cc1cc(F)cc(Br)c1. The first-order valence-corrected chi connectivity index (χ1v) is 7.39. The summed E-state index contributed by atoms with van der Waals surface area (Å²) >= 11 is 9.15. The molecule has 2 aromatic rings. The van der Waals surface area contributed by atoms with Crippen molar-refractivity contribution in [2.75, 3.05) is 0 Å². The summed E-state index contributed by atoms with van der Waals surface area (Å²) in [5.41, 5.74) is 4.81. The van der Waals surface area contributed by atoms with Gasteiger partial charge in [0.1, 0.15) is 5.82 Å². The summed E-state index contributed by atoms with van der Waals surface area (Å²) in [5.74, 6) is 5.34. The van der Waals surface area contributed by atoms with Crippen molar-refractivity contribution in [2.24, 2.45) is 5.84 Å². The van der Waals surface area contributed by atoms with E-state index >= 15 is 0 Å². The zero-order valence-electron chi connectivity index (χ0n) is 10.7. The van der Waals surface area contributed by atoms with Gasteiger partial charge in [-0.3, -0.25) is 11.3 Å². The van der Waals surface area contributed by atoms with Gasteiger partial charge in [-0.15, -0.1) is 0 Å². The van der Waals surface area contributed by atoms with Crippen LogP contribution in [0.3, 0.4) is 0 Å². The van der Waals surface area contributed by atoms with Crippen LogP contribution in [0.4, 0.5) is 4.39 Å². The van der Waals surface area contributed by atoms with E-state index in [1.54, 1.807) is 0 Å². The molecule has 0 saturated carbocycles. The predicted octanol–water partition coefficient (Wildman–Crippen LogP) is 3.86. The average molecular weight is 358 g/mol. The third-order valence-corrected chi connectivity index (χ3v) is 3.75. The van der Waals surface area contributed by atoms with E-state index in [1.165, 1.54) is 12.1 Å². The Morgan fingerprint density at radius 3 is 2.35 bits per heavy atom. The summed E-state index contributed by atoms with van der Waals surface area (Å²) < 4.78 is 14.1. The van der Waals surface area contributed by atoms with E-state index in [9.17, 15) is 4.39 Å². The summed E-state index contributed by atoms with van der Waals surface area (Å²) in [7, 11) is 0. The fourth-order valence-corrected chi connectivity index (χ4v) is 2.75. The van der Waals surface area contributed by atoms with E-state index in [1.807, 2.05) is 30.3 Å². The molecule has 1 atom stereocenters. The van der Waals surface area contributed by atoms with Gasteiger partial charge in [-0.05, 0) is 54.3 Å². The monoisotopic (exact) mass is 356 g/mol. The zero-order valence-corrected chi connectivity index (χ0v) is 13.1. The molecular formula is C15H15BrClFN2. The van der Waals surface area contributed by atoms with E-state index in [-0.39, 0.29) is 11.9 Å². The lowest BCUT2D eigenvalue weighted by Crippen LogP contribution is -2.38. The fourth-order valence-electron chi connectivity index (χ4n) is 2.11. The number of nitrogens with one attached hydrogen (secondary N) is 1. The van der Waals surface area contributed by atoms with Gasteiger partial charge in [-0.1, -0.05) is 39.7 Å². The average Bonchev–Trinajstić information content (AvgIpc) is 2.39. The molecule has 2 aromatic carbocycles. The molecule has 106 valence electrons. The maximum absolute atomic E-state index is 13.4. The molecule has 0 aliphatic heterocycles. The summed E-state index contributed by atoms with van der Waals surface area (Å²) in [6, 6.07) is 12.5. The lowest BCUT2D eigenvalue weighted by atomic mass is 9.99. The number of nitrogens with two attached hydrogens (primary N) is 1. The van der Waals surface area contributed by atoms with Crippen LogP contribution in [0.15, 0.2) is 46.9 Å². The molecule has 0 fully saturated rings. The van der Waals surface area contributed by atoms with Crippen molar-refractivity contribution in [1.82, 2.24) is 5.43 Å². The van der Waals surface area contributed by atoms with Gasteiger partial charge in [0.15, 0.2) is 0 Å². The van der Waals surface area contributed by atoms with Crippen molar-refractivity contribution in [3.05, 3.63) is 68.9 Å². The van der Waals surface area contributed by atoms with Crippen LogP contribution >= 0.6 is 27.5 Å². The van der Waals surface area contributed by atoms with Crippen LogP contribution < -0.4 is 11.3 Å². The Bertz CT molecular complexity index is 554. The first-order chi connectivity index (χ1) is 9.56. The molecule has 0 spiro atoms. The minimum atomic E-state index is -0.253. The molecule has 0 heterocycles. The molecule has 20 heavy (non-hydrogen) atoms. The van der Waals surface area contributed by atoms with Crippen LogP contribution in [-0.4, -0.2) is 6.04 Å². The quantitative estimate of drug-likeness (QED) is 0.630. The van der Waals surface area contributed by atoms with E-state index in [4.69, 9.17) is 17.4 Å². The first kappa shape index (κ1) is 15.4. The molecule has 2 nitrogen and oxygen atoms in total. The van der Waals surface area contributed by atoms with Crippen LogP contribution in [0.2, 0.25) is 5.02 Å². The second kappa shape index (κ2) is 7.18. The number of rotatable bonds is 5. The third-order valence-electron chi connectivity index (χ3n) is 3.04. The van der Waals surface area contributed by atoms with Crippen LogP contribution in [0.1, 0.15) is 11.1 Å². The fraction of sp³-hybridized carbons (Fsp3) is 0.200. The Labute approximate surface area is 131 Å². The van der Waals surface area contributed by atoms with Gasteiger partial charge in [-0.2, -0.15) is 0 Å². The molecule has 0 radical (unpaired) electrons. The van der Waals surface area contributed by atoms with Crippen molar-refractivity contribution in [3.8, 4) is 0 Å². The third kappa shape index (κ3) is 4.56. The number of hydrogen-bond acceptors (Lipinski definition) is 2. The van der Waals surface area contributed by atoms with Gasteiger partial charge < -0.3 is 0 Å². The molecule has 2 rings (SSSR count). The topological polar surface area (TPSA) is 38.0 Å². The summed E-state index contributed by atoms with van der Waals surface area (Å²) in [5, 5.41) is 0.708. The van der Waals surface area contributed by atoms with E-state index in [0.717, 1.165) is 22.0 Å². The van der Waals surface area contributed by atoms with Gasteiger partial charge in [-0.25, -0.2) is 4.39 Å². The Kier molecular flexibility index (Phi) is 5.54. The number of halogens is 3. The minimum Gasteiger partial charge on any atom is -0.271 e. The standard InChI is InChI=1S/C15H15BrClFN2/c16-12-5-11(6-14(18)9-12)8-15(20-19)7-10-1-3-13(17)4-2-10/h1-6,9,15,20H,7-8,19H2. The highest BCUT2D eigenvalue weighted by atomic mass is 79.9. The molecule has 1 unspecified atom stereocenters. The minimum absolute atomic E-state index is 0.0323. The van der Waals surface area contributed by atoms with Crippen LogP contribution in [0.5, 0.6) is 0 Å². The van der Waals surface area contributed by atoms with E-state index in [2.05, 4.69) is 21.4 Å². The van der Waals surface area contributed by atoms with Gasteiger partial charge in [0.05, 0.1) is 0 Å². The van der Waals surface area contributed by atoms with E-state index < -0.39 is 0 Å². The molecule has 3 N–H and O–H groups in total. The van der Waals surface area contributed by atoms with Crippen molar-refractivity contribution < 1.29 is 4.39 Å². The number of hydrazine groups is 1. The molecule has 5 heteroatoms. The highest BCUT2D eigenvalue weighted by molar-refractivity contribution is 9.10. The maximum Gasteiger partial charge on any atom is 0.124 e. The summed E-state index contributed by atoms with van der Waals surface area (Å²) in [6.45, 7) is 0. The highest BCUT2D eigenvalue weighted by Crippen LogP contribution is 2.17. The normalized spacial score (nSPS) is 12.4. The van der Waals surface area contributed by atoms with Crippen LogP contribution in [-0.2, 0) is 12.8 Å². The van der Waals surface area contributed by atoms with Crippen LogP contribution in [0.25, 0.3) is 0 Å². The molecular weight excluding hydrogens is 343 g/mol. The van der Waals surface area contributed by atoms with Crippen LogP contribution in [0, 0.1) is 5.82 Å². The Morgan fingerprint density at radius 2 is 1.75 bits per heavy atom. The lowest BCUT2D eigenvalue weighted by molar-refractivity contribution is 0.520. The number of benzene rings is 2. The Hall–Kier alpha value is -0.940. The largest absolute Gasteiger partial charge is 0.271 e.